The van der Waals surface area contributed by atoms with Crippen molar-refractivity contribution in [3.05, 3.63) is 75.2 Å². The molecule has 0 saturated heterocycles. The standard InChI is InChI=1S/C26H27FN4O3S/c1-13(2)11-16-20(24(28)32)21(18-9-10-19(35-18)25(33)29-3)22-23(30-16)17(31(4)26(22)34)12-14-5-7-15(27)8-6-14/h5-10,13,17H,11-12H2,1-4H3,(H2,28,32)(H,29,33). The largest absolute Gasteiger partial charge is 0.366 e. The third kappa shape index (κ3) is 4.55. The van der Waals surface area contributed by atoms with E-state index in [4.69, 9.17) is 10.7 Å². The van der Waals surface area contributed by atoms with Crippen LogP contribution in [0, 0.1) is 11.7 Å². The lowest BCUT2D eigenvalue weighted by molar-refractivity contribution is 0.0773. The predicted molar refractivity (Wildman–Crippen MR) is 133 cm³/mol. The normalized spacial score (nSPS) is 15.0. The zero-order valence-corrected chi connectivity index (χ0v) is 20.8. The first-order valence-corrected chi connectivity index (χ1v) is 12.1. The first-order chi connectivity index (χ1) is 16.6. The second-order valence-electron chi connectivity index (χ2n) is 9.04. The highest BCUT2D eigenvalue weighted by Gasteiger charge is 2.41. The van der Waals surface area contributed by atoms with E-state index in [-0.39, 0.29) is 29.1 Å². The maximum Gasteiger partial charge on any atom is 0.261 e. The maximum atomic E-state index is 13.5. The summed E-state index contributed by atoms with van der Waals surface area (Å²) < 4.78 is 13.4. The molecule has 0 aliphatic carbocycles. The average Bonchev–Trinajstić information content (AvgIpc) is 3.38. The van der Waals surface area contributed by atoms with Crippen LogP contribution in [0.4, 0.5) is 4.39 Å². The Morgan fingerprint density at radius 2 is 1.86 bits per heavy atom. The summed E-state index contributed by atoms with van der Waals surface area (Å²) in [5.41, 5.74) is 8.77. The molecule has 0 spiro atoms. The summed E-state index contributed by atoms with van der Waals surface area (Å²) in [5, 5.41) is 2.59. The second kappa shape index (κ2) is 9.58. The zero-order valence-electron chi connectivity index (χ0n) is 20.0. The highest BCUT2D eigenvalue weighted by Crippen LogP contribution is 2.43. The molecule has 182 valence electrons. The number of nitrogens with zero attached hydrogens (tertiary/aromatic N) is 2. The van der Waals surface area contributed by atoms with Crippen molar-refractivity contribution < 1.29 is 18.8 Å². The van der Waals surface area contributed by atoms with E-state index in [1.807, 2.05) is 13.8 Å². The number of hydrogen-bond acceptors (Lipinski definition) is 5. The SMILES string of the molecule is CNC(=O)c1ccc(-c2c(C(N)=O)c(CC(C)C)nc3c2C(=O)N(C)C3Cc2ccc(F)cc2)s1. The lowest BCUT2D eigenvalue weighted by Gasteiger charge is -2.21. The number of hydrogen-bond donors (Lipinski definition) is 2. The Kier molecular flexibility index (Phi) is 6.71. The van der Waals surface area contributed by atoms with Crippen LogP contribution in [-0.2, 0) is 12.8 Å². The van der Waals surface area contributed by atoms with Crippen LogP contribution >= 0.6 is 11.3 Å². The molecule has 4 rings (SSSR count). The number of amides is 3. The summed E-state index contributed by atoms with van der Waals surface area (Å²) in [6.45, 7) is 4.03. The zero-order chi connectivity index (χ0) is 25.4. The highest BCUT2D eigenvalue weighted by atomic mass is 32.1. The Bertz CT molecular complexity index is 1320. The molecule has 7 nitrogen and oxygen atoms in total. The number of thiophene rings is 1. The maximum absolute atomic E-state index is 13.5. The van der Waals surface area contributed by atoms with Gasteiger partial charge in [-0.05, 0) is 48.6 Å². The number of pyridine rings is 1. The van der Waals surface area contributed by atoms with Gasteiger partial charge in [-0.3, -0.25) is 19.4 Å². The van der Waals surface area contributed by atoms with E-state index in [1.165, 1.54) is 23.5 Å². The van der Waals surface area contributed by atoms with Crippen molar-refractivity contribution in [2.75, 3.05) is 14.1 Å². The minimum Gasteiger partial charge on any atom is -0.366 e. The number of fused-ring (bicyclic) bond motifs is 1. The van der Waals surface area contributed by atoms with Crippen LogP contribution in [0.2, 0.25) is 0 Å². The third-order valence-electron chi connectivity index (χ3n) is 6.11. The fraction of sp³-hybridized carbons (Fsp3) is 0.308. The van der Waals surface area contributed by atoms with E-state index in [9.17, 15) is 18.8 Å². The smallest absolute Gasteiger partial charge is 0.261 e. The van der Waals surface area contributed by atoms with Crippen molar-refractivity contribution >= 4 is 29.1 Å². The molecular formula is C26H27FN4O3S. The number of nitrogens with two attached hydrogens (primary N) is 1. The van der Waals surface area contributed by atoms with Gasteiger partial charge < -0.3 is 16.0 Å². The van der Waals surface area contributed by atoms with Crippen LogP contribution in [0.1, 0.15) is 67.2 Å². The van der Waals surface area contributed by atoms with E-state index in [0.717, 1.165) is 5.56 Å². The van der Waals surface area contributed by atoms with Crippen LogP contribution in [0.3, 0.4) is 0 Å². The van der Waals surface area contributed by atoms with Gasteiger partial charge in [0, 0.05) is 24.5 Å². The van der Waals surface area contributed by atoms with E-state index in [1.54, 1.807) is 43.3 Å². The van der Waals surface area contributed by atoms with Crippen molar-refractivity contribution in [3.63, 3.8) is 0 Å². The van der Waals surface area contributed by atoms with Crippen molar-refractivity contribution in [3.8, 4) is 10.4 Å². The Labute approximate surface area is 207 Å². The molecule has 1 aliphatic rings. The molecule has 0 saturated carbocycles. The third-order valence-corrected chi connectivity index (χ3v) is 7.21. The molecule has 0 bridgehead atoms. The number of primary amides is 1. The van der Waals surface area contributed by atoms with Crippen LogP contribution in [0.25, 0.3) is 10.4 Å². The minimum absolute atomic E-state index is 0.182. The fourth-order valence-corrected chi connectivity index (χ4v) is 5.46. The molecule has 1 aromatic carbocycles. The Morgan fingerprint density at radius 1 is 1.17 bits per heavy atom. The number of nitrogens with one attached hydrogen (secondary N) is 1. The summed E-state index contributed by atoms with van der Waals surface area (Å²) in [4.78, 5) is 46.0. The van der Waals surface area contributed by atoms with Gasteiger partial charge in [-0.2, -0.15) is 0 Å². The molecule has 35 heavy (non-hydrogen) atoms. The number of benzene rings is 1. The minimum atomic E-state index is -0.668. The summed E-state index contributed by atoms with van der Waals surface area (Å²) in [6, 6.07) is 9.15. The Morgan fingerprint density at radius 3 is 2.46 bits per heavy atom. The lowest BCUT2D eigenvalue weighted by Crippen LogP contribution is -2.24. The lowest BCUT2D eigenvalue weighted by atomic mass is 9.91. The van der Waals surface area contributed by atoms with Crippen LogP contribution in [0.5, 0.6) is 0 Å². The summed E-state index contributed by atoms with van der Waals surface area (Å²) in [6.07, 6.45) is 0.931. The quantitative estimate of drug-likeness (QED) is 0.518. The van der Waals surface area contributed by atoms with Crippen LogP contribution < -0.4 is 11.1 Å². The molecule has 3 N–H and O–H groups in total. The molecule has 1 atom stereocenters. The van der Waals surface area contributed by atoms with Crippen LogP contribution in [-0.4, -0.2) is 41.7 Å². The summed E-state index contributed by atoms with van der Waals surface area (Å²) in [7, 11) is 3.23. The van der Waals surface area contributed by atoms with Gasteiger partial charge >= 0.3 is 0 Å². The van der Waals surface area contributed by atoms with Crippen molar-refractivity contribution in [2.24, 2.45) is 11.7 Å². The van der Waals surface area contributed by atoms with Gasteiger partial charge in [0.2, 0.25) is 0 Å². The molecule has 9 heteroatoms. The second-order valence-corrected chi connectivity index (χ2v) is 10.1. The van der Waals surface area contributed by atoms with E-state index in [0.29, 0.717) is 45.1 Å². The van der Waals surface area contributed by atoms with Gasteiger partial charge in [-0.25, -0.2) is 4.39 Å². The average molecular weight is 495 g/mol. The number of halogens is 1. The van der Waals surface area contributed by atoms with Gasteiger partial charge in [0.25, 0.3) is 17.7 Å². The number of rotatable bonds is 7. The van der Waals surface area contributed by atoms with Crippen LogP contribution in [0.15, 0.2) is 36.4 Å². The first kappa shape index (κ1) is 24.5. The van der Waals surface area contributed by atoms with Gasteiger partial charge in [0.15, 0.2) is 0 Å². The van der Waals surface area contributed by atoms with E-state index in [2.05, 4.69) is 5.32 Å². The number of carbonyl (C=O) groups is 3. The number of likely N-dealkylation sites (N-methyl/N-ethyl adjacent to an activating group) is 1. The molecule has 3 aromatic rings. The first-order valence-electron chi connectivity index (χ1n) is 11.3. The van der Waals surface area contributed by atoms with Gasteiger partial charge in [-0.1, -0.05) is 26.0 Å². The fourth-order valence-electron chi connectivity index (χ4n) is 4.45. The monoisotopic (exact) mass is 494 g/mol. The van der Waals surface area contributed by atoms with Gasteiger partial charge in [0.1, 0.15) is 5.82 Å². The number of aromatic nitrogens is 1. The molecule has 3 heterocycles. The van der Waals surface area contributed by atoms with Crippen molar-refractivity contribution in [1.29, 1.82) is 0 Å². The number of carbonyl (C=O) groups excluding carboxylic acids is 3. The van der Waals surface area contributed by atoms with Gasteiger partial charge in [-0.15, -0.1) is 11.3 Å². The molecular weight excluding hydrogens is 467 g/mol. The van der Waals surface area contributed by atoms with Crippen molar-refractivity contribution in [1.82, 2.24) is 15.2 Å². The van der Waals surface area contributed by atoms with Gasteiger partial charge in [0.05, 0.1) is 33.4 Å². The molecule has 1 unspecified atom stereocenters. The summed E-state index contributed by atoms with van der Waals surface area (Å²) in [5.74, 6) is -1.35. The molecule has 2 aromatic heterocycles. The molecule has 0 radical (unpaired) electrons. The topological polar surface area (TPSA) is 105 Å². The van der Waals surface area contributed by atoms with E-state index >= 15 is 0 Å². The molecule has 0 fully saturated rings. The predicted octanol–water partition coefficient (Wildman–Crippen LogP) is 3.98. The van der Waals surface area contributed by atoms with E-state index < -0.39 is 11.9 Å². The molecule has 3 amide bonds. The summed E-state index contributed by atoms with van der Waals surface area (Å²) >= 11 is 1.19. The molecule has 1 aliphatic heterocycles. The Balaban J connectivity index is 1.96. The Hall–Kier alpha value is -3.59. The van der Waals surface area contributed by atoms with Crippen molar-refractivity contribution in [2.45, 2.75) is 32.7 Å². The highest BCUT2D eigenvalue weighted by molar-refractivity contribution is 7.17.